The number of carboxylic acids is 1. The molecule has 2 aliphatic rings. The molecule has 100 valence electrons. The Morgan fingerprint density at radius 2 is 2.21 bits per heavy atom. The van der Waals surface area contributed by atoms with Crippen LogP contribution in [-0.2, 0) is 9.59 Å². The standard InChI is InChI=1S/C13H13NO4S/c15-10-7-18-8-3-1-4-9(11(8)14-10)19-13(12(16)17)5-2-6-13/h1,3-4H,2,5-7H2,(H,14,15)(H,16,17). The smallest absolute Gasteiger partial charge is 0.320 e. The molecule has 2 N–H and O–H groups in total. The zero-order chi connectivity index (χ0) is 13.5. The van der Waals surface area contributed by atoms with Gasteiger partial charge in [0.05, 0.1) is 5.69 Å². The number of carbonyl (C=O) groups excluding carboxylic acids is 1. The Morgan fingerprint density at radius 1 is 1.42 bits per heavy atom. The molecule has 0 atom stereocenters. The normalized spacial score (nSPS) is 19.7. The highest BCUT2D eigenvalue weighted by molar-refractivity contribution is 8.01. The van der Waals surface area contributed by atoms with E-state index in [1.54, 1.807) is 6.07 Å². The molecule has 0 saturated heterocycles. The van der Waals surface area contributed by atoms with Crippen LogP contribution in [0.4, 0.5) is 5.69 Å². The molecule has 0 spiro atoms. The number of aliphatic carboxylic acids is 1. The summed E-state index contributed by atoms with van der Waals surface area (Å²) in [5, 5.41) is 12.1. The highest BCUT2D eigenvalue weighted by atomic mass is 32.2. The number of hydrogen-bond acceptors (Lipinski definition) is 4. The number of rotatable bonds is 3. The molecule has 1 amide bonds. The Morgan fingerprint density at radius 3 is 2.84 bits per heavy atom. The maximum absolute atomic E-state index is 11.4. The number of ether oxygens (including phenoxy) is 1. The van der Waals surface area contributed by atoms with E-state index in [4.69, 9.17) is 4.74 Å². The summed E-state index contributed by atoms with van der Waals surface area (Å²) in [4.78, 5) is 23.6. The van der Waals surface area contributed by atoms with E-state index in [1.165, 1.54) is 11.8 Å². The second kappa shape index (κ2) is 4.45. The molecule has 0 radical (unpaired) electrons. The summed E-state index contributed by atoms with van der Waals surface area (Å²) in [7, 11) is 0. The topological polar surface area (TPSA) is 75.6 Å². The van der Waals surface area contributed by atoms with Crippen molar-refractivity contribution in [2.24, 2.45) is 0 Å². The minimum absolute atomic E-state index is 0.00515. The molecule has 1 aliphatic carbocycles. The minimum atomic E-state index is -0.788. The van der Waals surface area contributed by atoms with Crippen molar-refractivity contribution in [1.29, 1.82) is 0 Å². The van der Waals surface area contributed by atoms with Crippen LogP contribution < -0.4 is 10.1 Å². The first-order valence-corrected chi connectivity index (χ1v) is 6.90. The van der Waals surface area contributed by atoms with Gasteiger partial charge in [0.2, 0.25) is 0 Å². The van der Waals surface area contributed by atoms with E-state index in [2.05, 4.69) is 5.32 Å². The fraction of sp³-hybridized carbons (Fsp3) is 0.385. The first-order chi connectivity index (χ1) is 9.11. The number of para-hydroxylation sites is 1. The lowest BCUT2D eigenvalue weighted by atomic mass is 9.84. The molecule has 5 nitrogen and oxygen atoms in total. The average Bonchev–Trinajstić information content (AvgIpc) is 2.33. The summed E-state index contributed by atoms with van der Waals surface area (Å²) in [6.45, 7) is 0.00515. The molecule has 6 heteroatoms. The predicted molar refractivity (Wildman–Crippen MR) is 70.6 cm³/mol. The zero-order valence-corrected chi connectivity index (χ0v) is 11.0. The van der Waals surface area contributed by atoms with E-state index in [0.717, 1.165) is 11.3 Å². The third-order valence-electron chi connectivity index (χ3n) is 3.47. The van der Waals surface area contributed by atoms with Crippen molar-refractivity contribution in [1.82, 2.24) is 0 Å². The van der Waals surface area contributed by atoms with E-state index in [-0.39, 0.29) is 12.5 Å². The molecule has 1 fully saturated rings. The lowest BCUT2D eigenvalue weighted by Gasteiger charge is -2.37. The van der Waals surface area contributed by atoms with E-state index in [9.17, 15) is 14.7 Å². The van der Waals surface area contributed by atoms with E-state index in [0.29, 0.717) is 24.3 Å². The van der Waals surface area contributed by atoms with E-state index < -0.39 is 10.7 Å². The lowest BCUT2D eigenvalue weighted by molar-refractivity contribution is -0.142. The molecule has 1 aromatic rings. The summed E-state index contributed by atoms with van der Waals surface area (Å²) in [5.41, 5.74) is 0.594. The van der Waals surface area contributed by atoms with Crippen LogP contribution in [0.15, 0.2) is 23.1 Å². The quantitative estimate of drug-likeness (QED) is 0.886. The third kappa shape index (κ3) is 2.06. The third-order valence-corrected chi connectivity index (χ3v) is 5.00. The predicted octanol–water partition coefficient (Wildman–Crippen LogP) is 2.12. The number of anilines is 1. The van der Waals surface area contributed by atoms with Gasteiger partial charge in [-0.15, -0.1) is 11.8 Å². The van der Waals surface area contributed by atoms with Gasteiger partial charge in [-0.3, -0.25) is 9.59 Å². The molecule has 1 aliphatic heterocycles. The van der Waals surface area contributed by atoms with Crippen molar-refractivity contribution in [2.45, 2.75) is 28.9 Å². The van der Waals surface area contributed by atoms with Crippen molar-refractivity contribution in [2.75, 3.05) is 11.9 Å². The van der Waals surface area contributed by atoms with Gasteiger partial charge in [0.25, 0.3) is 5.91 Å². The van der Waals surface area contributed by atoms with Crippen LogP contribution in [0.2, 0.25) is 0 Å². The molecular weight excluding hydrogens is 266 g/mol. The summed E-state index contributed by atoms with van der Waals surface area (Å²) in [6.07, 6.45) is 2.24. The molecule has 0 bridgehead atoms. The lowest BCUT2D eigenvalue weighted by Crippen LogP contribution is -2.42. The van der Waals surface area contributed by atoms with Gasteiger partial charge < -0.3 is 15.2 Å². The Balaban J connectivity index is 1.93. The van der Waals surface area contributed by atoms with Crippen molar-refractivity contribution in [3.8, 4) is 5.75 Å². The fourth-order valence-electron chi connectivity index (χ4n) is 2.23. The molecule has 1 heterocycles. The Labute approximate surface area is 114 Å². The van der Waals surface area contributed by atoms with Gasteiger partial charge in [-0.25, -0.2) is 0 Å². The van der Waals surface area contributed by atoms with Gasteiger partial charge in [-0.2, -0.15) is 0 Å². The van der Waals surface area contributed by atoms with Crippen LogP contribution in [0, 0.1) is 0 Å². The number of benzene rings is 1. The number of hydrogen-bond donors (Lipinski definition) is 2. The molecular formula is C13H13NO4S. The molecule has 3 rings (SSSR count). The van der Waals surface area contributed by atoms with Crippen molar-refractivity contribution in [3.63, 3.8) is 0 Å². The molecule has 19 heavy (non-hydrogen) atoms. The highest BCUT2D eigenvalue weighted by Gasteiger charge is 2.46. The molecule has 0 aromatic heterocycles. The van der Waals surface area contributed by atoms with Gasteiger partial charge in [0, 0.05) is 4.90 Å². The van der Waals surface area contributed by atoms with E-state index in [1.807, 2.05) is 12.1 Å². The van der Waals surface area contributed by atoms with Crippen molar-refractivity contribution < 1.29 is 19.4 Å². The van der Waals surface area contributed by atoms with Gasteiger partial charge in [-0.05, 0) is 31.4 Å². The summed E-state index contributed by atoms with van der Waals surface area (Å²) < 4.78 is 4.58. The van der Waals surface area contributed by atoms with Gasteiger partial charge in [0.15, 0.2) is 6.61 Å². The van der Waals surface area contributed by atoms with Gasteiger partial charge in [-0.1, -0.05) is 6.07 Å². The van der Waals surface area contributed by atoms with Crippen LogP contribution in [0.5, 0.6) is 5.75 Å². The monoisotopic (exact) mass is 279 g/mol. The van der Waals surface area contributed by atoms with Crippen LogP contribution in [0.3, 0.4) is 0 Å². The number of carboxylic acid groups (broad SMARTS) is 1. The second-order valence-corrected chi connectivity index (χ2v) is 6.15. The van der Waals surface area contributed by atoms with Crippen molar-refractivity contribution >= 4 is 29.3 Å². The van der Waals surface area contributed by atoms with Crippen LogP contribution in [0.25, 0.3) is 0 Å². The maximum atomic E-state index is 11.4. The SMILES string of the molecule is O=C1COc2cccc(SC3(C(=O)O)CCC3)c2N1. The van der Waals surface area contributed by atoms with Gasteiger partial charge >= 0.3 is 5.97 Å². The zero-order valence-electron chi connectivity index (χ0n) is 10.1. The Hall–Kier alpha value is -1.69. The maximum Gasteiger partial charge on any atom is 0.320 e. The molecule has 1 saturated carbocycles. The second-order valence-electron chi connectivity index (χ2n) is 4.72. The molecule has 1 aromatic carbocycles. The van der Waals surface area contributed by atoms with Crippen LogP contribution >= 0.6 is 11.8 Å². The average molecular weight is 279 g/mol. The largest absolute Gasteiger partial charge is 0.482 e. The first-order valence-electron chi connectivity index (χ1n) is 6.09. The van der Waals surface area contributed by atoms with Crippen LogP contribution in [-0.4, -0.2) is 28.3 Å². The summed E-state index contributed by atoms with van der Waals surface area (Å²) >= 11 is 1.31. The Kier molecular flexibility index (Phi) is 2.89. The van der Waals surface area contributed by atoms with Gasteiger partial charge in [0.1, 0.15) is 10.5 Å². The summed E-state index contributed by atoms with van der Waals surface area (Å²) in [6, 6.07) is 5.40. The molecule has 0 unspecified atom stereocenters. The number of nitrogens with one attached hydrogen (secondary N) is 1. The number of thioether (sulfide) groups is 1. The number of amides is 1. The first kappa shape index (κ1) is 12.3. The van der Waals surface area contributed by atoms with Crippen LogP contribution in [0.1, 0.15) is 19.3 Å². The highest BCUT2D eigenvalue weighted by Crippen LogP contribution is 2.51. The fourth-order valence-corrected chi connectivity index (χ4v) is 3.63. The number of fused-ring (bicyclic) bond motifs is 1. The summed E-state index contributed by atoms with van der Waals surface area (Å²) in [5.74, 6) is -0.396. The number of carbonyl (C=O) groups is 2. The Bertz CT molecular complexity index is 554. The van der Waals surface area contributed by atoms with Crippen molar-refractivity contribution in [3.05, 3.63) is 18.2 Å². The van der Waals surface area contributed by atoms with E-state index >= 15 is 0 Å². The minimum Gasteiger partial charge on any atom is -0.482 e.